The summed E-state index contributed by atoms with van der Waals surface area (Å²) >= 11 is 0. The van der Waals surface area contributed by atoms with Crippen molar-refractivity contribution in [1.82, 2.24) is 34.5 Å². The lowest BCUT2D eigenvalue weighted by Crippen LogP contribution is -2.55. The Kier molecular flexibility index (Phi) is 9.18. The lowest BCUT2D eigenvalue weighted by atomic mass is 9.94. The second-order valence-corrected chi connectivity index (χ2v) is 13.1. The zero-order valence-electron chi connectivity index (χ0n) is 27.4. The molecule has 0 saturated carbocycles. The van der Waals surface area contributed by atoms with Crippen molar-refractivity contribution in [3.63, 3.8) is 0 Å². The van der Waals surface area contributed by atoms with E-state index in [0.29, 0.717) is 29.9 Å². The highest BCUT2D eigenvalue weighted by atomic mass is 19.4. The number of piperazine rings is 1. The van der Waals surface area contributed by atoms with Gasteiger partial charge in [-0.3, -0.25) is 0 Å². The first-order valence-electron chi connectivity index (χ1n) is 16.8. The summed E-state index contributed by atoms with van der Waals surface area (Å²) in [6.45, 7) is 2.16. The quantitative estimate of drug-likeness (QED) is 0.234. The van der Waals surface area contributed by atoms with Crippen LogP contribution >= 0.6 is 0 Å². The summed E-state index contributed by atoms with van der Waals surface area (Å²) in [5, 5.41) is 35.7. The van der Waals surface area contributed by atoms with E-state index in [1.165, 1.54) is 23.4 Å². The number of likely N-dealkylation sites (tertiary alicyclic amines) is 1. The molecule has 1 aromatic carbocycles. The molecular weight excluding hydrogens is 659 g/mol. The maximum absolute atomic E-state index is 14.6. The lowest BCUT2D eigenvalue weighted by molar-refractivity contribution is -0.138. The van der Waals surface area contributed by atoms with E-state index in [9.17, 15) is 33.4 Å². The minimum absolute atomic E-state index is 0.0325. The summed E-state index contributed by atoms with van der Waals surface area (Å²) in [4.78, 5) is 29.5. The van der Waals surface area contributed by atoms with E-state index in [2.05, 4.69) is 25.0 Å². The van der Waals surface area contributed by atoms with Gasteiger partial charge in [-0.2, -0.15) is 33.5 Å². The first-order valence-corrected chi connectivity index (χ1v) is 16.8. The summed E-state index contributed by atoms with van der Waals surface area (Å²) in [6.07, 6.45) is -1.09. The summed E-state index contributed by atoms with van der Waals surface area (Å²) in [6, 6.07) is 3.80. The molecule has 0 bridgehead atoms. The highest BCUT2D eigenvalue weighted by Crippen LogP contribution is 2.43. The van der Waals surface area contributed by atoms with Gasteiger partial charge >= 0.3 is 18.3 Å². The molecule has 3 aromatic heterocycles. The Labute approximate surface area is 285 Å². The van der Waals surface area contributed by atoms with E-state index in [0.717, 1.165) is 38.3 Å². The molecule has 4 atom stereocenters. The number of nitrogens with one attached hydrogen (secondary N) is 1. The van der Waals surface area contributed by atoms with Gasteiger partial charge in [0.15, 0.2) is 12.0 Å². The number of carbonyl (C=O) groups is 1. The van der Waals surface area contributed by atoms with Crippen molar-refractivity contribution in [2.24, 2.45) is 0 Å². The zero-order chi connectivity index (χ0) is 35.2. The van der Waals surface area contributed by atoms with Gasteiger partial charge in [-0.15, -0.1) is 0 Å². The van der Waals surface area contributed by atoms with Crippen LogP contribution in [0.15, 0.2) is 24.5 Å². The summed E-state index contributed by atoms with van der Waals surface area (Å²) in [7, 11) is 2.00. The smallest absolute Gasteiger partial charge is 0.416 e. The van der Waals surface area contributed by atoms with Gasteiger partial charge < -0.3 is 39.4 Å². The average molecular weight is 698 g/mol. The van der Waals surface area contributed by atoms with Crippen molar-refractivity contribution in [3.05, 3.63) is 41.2 Å². The molecule has 1 amide bonds. The molecule has 3 aliphatic heterocycles. The molecule has 14 nitrogen and oxygen atoms in total. The van der Waals surface area contributed by atoms with E-state index in [-0.39, 0.29) is 66.7 Å². The molecule has 0 spiro atoms. The number of aromatic amines is 1. The summed E-state index contributed by atoms with van der Waals surface area (Å²) in [5.41, 5.74) is -0.409. The average Bonchev–Trinajstić information content (AvgIpc) is 3.84. The fraction of sp³-hybridized carbons (Fsp3) is 0.545. The number of halogens is 3. The van der Waals surface area contributed by atoms with Crippen LogP contribution in [0.1, 0.15) is 67.5 Å². The van der Waals surface area contributed by atoms with Crippen LogP contribution in [0.3, 0.4) is 0 Å². The molecular formula is C33H38F3N9O5. The van der Waals surface area contributed by atoms with E-state index < -0.39 is 36.2 Å². The molecule has 3 N–H and O–H groups in total. The summed E-state index contributed by atoms with van der Waals surface area (Å²) in [5.74, 6) is 0.327. The highest BCUT2D eigenvalue weighted by molar-refractivity contribution is 5.91. The molecule has 3 aliphatic rings. The molecule has 2 unspecified atom stereocenters. The fourth-order valence-corrected chi connectivity index (χ4v) is 7.42. The Morgan fingerprint density at radius 3 is 2.72 bits per heavy atom. The predicted octanol–water partition coefficient (Wildman–Crippen LogP) is 4.66. The third-order valence-corrected chi connectivity index (χ3v) is 10.1. The Hall–Kier alpha value is -4.66. The van der Waals surface area contributed by atoms with Gasteiger partial charge in [0, 0.05) is 55.0 Å². The largest absolute Gasteiger partial charge is 0.465 e. The second kappa shape index (κ2) is 13.6. The number of H-pyrrole nitrogens is 1. The molecule has 7 rings (SSSR count). The molecule has 17 heteroatoms. The van der Waals surface area contributed by atoms with Crippen molar-refractivity contribution in [3.8, 4) is 12.1 Å². The first-order chi connectivity index (χ1) is 24.0. The van der Waals surface area contributed by atoms with E-state index in [4.69, 9.17) is 9.47 Å². The first kappa shape index (κ1) is 33.8. The van der Waals surface area contributed by atoms with Crippen LogP contribution in [-0.2, 0) is 10.9 Å². The molecule has 3 saturated heterocycles. The van der Waals surface area contributed by atoms with Gasteiger partial charge in [0.25, 0.3) is 0 Å². The number of carboxylic acid groups (broad SMARTS) is 1. The number of anilines is 1. The number of fused-ring (bicyclic) bond motifs is 2. The Bertz CT molecular complexity index is 1920. The van der Waals surface area contributed by atoms with Gasteiger partial charge in [0.2, 0.25) is 0 Å². The van der Waals surface area contributed by atoms with E-state index >= 15 is 0 Å². The predicted molar refractivity (Wildman–Crippen MR) is 174 cm³/mol. The van der Waals surface area contributed by atoms with Crippen LogP contribution in [0.5, 0.6) is 6.01 Å². The monoisotopic (exact) mass is 697 g/mol. The van der Waals surface area contributed by atoms with Gasteiger partial charge in [-0.25, -0.2) is 9.48 Å². The van der Waals surface area contributed by atoms with Crippen molar-refractivity contribution in [2.75, 3.05) is 51.3 Å². The van der Waals surface area contributed by atoms with Gasteiger partial charge in [0.05, 0.1) is 35.8 Å². The van der Waals surface area contributed by atoms with Gasteiger partial charge in [0.1, 0.15) is 23.7 Å². The van der Waals surface area contributed by atoms with Crippen LogP contribution in [-0.4, -0.2) is 109 Å². The number of ether oxygens (including phenoxy) is 2. The maximum atomic E-state index is 14.6. The van der Waals surface area contributed by atoms with Gasteiger partial charge in [-0.05, 0) is 57.8 Å². The number of alkyl halides is 3. The van der Waals surface area contributed by atoms with E-state index in [1.54, 1.807) is 4.68 Å². The van der Waals surface area contributed by atoms with Crippen LogP contribution in [0.4, 0.5) is 23.8 Å². The Morgan fingerprint density at radius 2 is 2.02 bits per heavy atom. The number of rotatable bonds is 8. The maximum Gasteiger partial charge on any atom is 0.416 e. The van der Waals surface area contributed by atoms with Gasteiger partial charge in [-0.1, -0.05) is 0 Å². The minimum atomic E-state index is -4.79. The Balaban J connectivity index is 1.33. The van der Waals surface area contributed by atoms with Crippen molar-refractivity contribution >= 4 is 33.8 Å². The molecule has 4 aromatic rings. The fourth-order valence-electron chi connectivity index (χ4n) is 7.42. The normalized spacial score (nSPS) is 22.7. The number of aromatic nitrogens is 5. The third-order valence-electron chi connectivity index (χ3n) is 10.1. The number of amides is 1. The summed E-state index contributed by atoms with van der Waals surface area (Å²) < 4.78 is 57.3. The number of nitrogens with zero attached hydrogens (tertiary/aromatic N) is 8. The number of hydrogen-bond donors (Lipinski definition) is 3. The van der Waals surface area contributed by atoms with E-state index in [1.807, 2.05) is 18.0 Å². The molecule has 266 valence electrons. The number of likely N-dealkylation sites (N-methyl/N-ethyl adjacent to an activating group) is 1. The molecule has 6 heterocycles. The second-order valence-electron chi connectivity index (χ2n) is 13.1. The zero-order valence-corrected chi connectivity index (χ0v) is 27.4. The highest BCUT2D eigenvalue weighted by Gasteiger charge is 2.39. The molecule has 0 radical (unpaired) electrons. The SMILES string of the molecule is CN1CCC[C@H]1COc1nc(N2CCN(C(=O)O)[C@@H](CC#N)C2)c2[nH]cc(C(O)c3c(C(F)(F)F)ccc4c3cnn4C3CCCCO3)c2n1. The third kappa shape index (κ3) is 6.27. The molecule has 50 heavy (non-hydrogen) atoms. The number of hydrogen-bond acceptors (Lipinski definition) is 10. The number of nitriles is 1. The van der Waals surface area contributed by atoms with Crippen LogP contribution in [0, 0.1) is 11.3 Å². The number of aliphatic hydroxyl groups is 1. The Morgan fingerprint density at radius 1 is 1.18 bits per heavy atom. The topological polar surface area (TPSA) is 169 Å². The standard InChI is InChI=1S/C33H38F3N9O5/c1-42-11-4-5-20(42)18-50-31-40-27-22(15-38-28(27)30(41-31)43-12-13-44(32(47)48)19(17-43)9-10-37)29(46)26-21-16-39-45(25-6-2-3-14-49-25)24(21)8-7-23(26)33(34,35)36/h7-8,15-16,19-20,25,29,38,46H,2-6,9,11-14,17-18H2,1H3,(H,47,48)/t19-,20-,25?,29?/m0/s1. The number of benzene rings is 1. The minimum Gasteiger partial charge on any atom is -0.465 e. The van der Waals surface area contributed by atoms with Crippen molar-refractivity contribution in [2.45, 2.75) is 69.1 Å². The molecule has 0 aliphatic carbocycles. The van der Waals surface area contributed by atoms with Crippen LogP contribution in [0.2, 0.25) is 0 Å². The van der Waals surface area contributed by atoms with Crippen LogP contribution in [0.25, 0.3) is 21.9 Å². The van der Waals surface area contributed by atoms with Crippen LogP contribution < -0.4 is 9.64 Å². The number of aliphatic hydroxyl groups excluding tert-OH is 1. The lowest BCUT2D eigenvalue weighted by Gasteiger charge is -2.39. The molecule has 3 fully saturated rings. The van der Waals surface area contributed by atoms with Crippen molar-refractivity contribution in [1.29, 1.82) is 5.26 Å². The van der Waals surface area contributed by atoms with Crippen molar-refractivity contribution < 1.29 is 37.7 Å².